The molecule has 9 nitrogen and oxygen atoms in total. The van der Waals surface area contributed by atoms with Crippen LogP contribution in [-0.4, -0.2) is 70.0 Å². The summed E-state index contributed by atoms with van der Waals surface area (Å²) >= 11 is 1.26. The number of rotatable bonds is 7. The molecular formula is C28H29N7O2S. The van der Waals surface area contributed by atoms with E-state index in [1.165, 1.54) is 11.3 Å². The molecule has 10 heteroatoms. The number of carbonyl (C=O) groups excluding carboxylic acids is 2. The molecule has 1 aliphatic heterocycles. The minimum Gasteiger partial charge on any atom is -0.322 e. The van der Waals surface area contributed by atoms with E-state index in [0.717, 1.165) is 55.1 Å². The lowest BCUT2D eigenvalue weighted by Crippen LogP contribution is -2.43. The van der Waals surface area contributed by atoms with Crippen LogP contribution >= 0.6 is 11.3 Å². The quantitative estimate of drug-likeness (QED) is 0.372. The normalized spacial score (nSPS) is 14.3. The number of likely N-dealkylation sites (N-methyl/N-ethyl adjacent to an activating group) is 1. The van der Waals surface area contributed by atoms with Gasteiger partial charge in [0.2, 0.25) is 5.13 Å². The maximum atomic E-state index is 13.1. The molecule has 1 aliphatic rings. The van der Waals surface area contributed by atoms with Crippen LogP contribution in [0.5, 0.6) is 0 Å². The highest BCUT2D eigenvalue weighted by Crippen LogP contribution is 2.25. The van der Waals surface area contributed by atoms with E-state index in [1.807, 2.05) is 31.2 Å². The number of aryl methyl sites for hydroxylation is 1. The second-order valence-electron chi connectivity index (χ2n) is 9.35. The van der Waals surface area contributed by atoms with Gasteiger partial charge in [0, 0.05) is 55.7 Å². The Labute approximate surface area is 225 Å². The number of nitrogens with zero attached hydrogens (tertiary/aromatic N) is 5. The highest BCUT2D eigenvalue weighted by atomic mass is 32.1. The van der Waals surface area contributed by atoms with Gasteiger partial charge in [-0.15, -0.1) is 10.2 Å². The van der Waals surface area contributed by atoms with Crippen LogP contribution in [0, 0.1) is 6.92 Å². The SMILES string of the molecule is Cc1ccc(C(=O)Nc2nncs2)cc1-c1ccc(C(=O)Nc2ccccc2CN2CCN(C)CC2)cn1. The highest BCUT2D eigenvalue weighted by molar-refractivity contribution is 7.13. The van der Waals surface area contributed by atoms with Gasteiger partial charge in [-0.25, -0.2) is 0 Å². The summed E-state index contributed by atoms with van der Waals surface area (Å²) in [5.41, 5.74) is 6.89. The number of amides is 2. The van der Waals surface area contributed by atoms with Gasteiger partial charge in [0.25, 0.3) is 11.8 Å². The van der Waals surface area contributed by atoms with Crippen molar-refractivity contribution < 1.29 is 9.59 Å². The third-order valence-electron chi connectivity index (χ3n) is 6.64. The summed E-state index contributed by atoms with van der Waals surface area (Å²) in [5, 5.41) is 13.8. The Morgan fingerprint density at radius 1 is 0.947 bits per heavy atom. The van der Waals surface area contributed by atoms with Crippen LogP contribution in [0.1, 0.15) is 31.8 Å². The Hall–Kier alpha value is -3.99. The Morgan fingerprint density at radius 2 is 1.71 bits per heavy atom. The molecule has 4 aromatic rings. The zero-order valence-corrected chi connectivity index (χ0v) is 22.2. The van der Waals surface area contributed by atoms with Crippen LogP contribution in [0.2, 0.25) is 0 Å². The van der Waals surface area contributed by atoms with Gasteiger partial charge in [-0.1, -0.05) is 35.6 Å². The largest absolute Gasteiger partial charge is 0.322 e. The van der Waals surface area contributed by atoms with Crippen LogP contribution in [0.3, 0.4) is 0 Å². The molecule has 2 aromatic carbocycles. The average molecular weight is 528 g/mol. The number of para-hydroxylation sites is 1. The fourth-order valence-electron chi connectivity index (χ4n) is 4.35. The van der Waals surface area contributed by atoms with Gasteiger partial charge in [0.05, 0.1) is 11.3 Å². The van der Waals surface area contributed by atoms with Gasteiger partial charge in [-0.05, 0) is 55.4 Å². The smallest absolute Gasteiger partial charge is 0.257 e. The number of nitrogens with one attached hydrogen (secondary N) is 2. The van der Waals surface area contributed by atoms with Crippen LogP contribution in [0.15, 0.2) is 66.3 Å². The van der Waals surface area contributed by atoms with Gasteiger partial charge >= 0.3 is 0 Å². The van der Waals surface area contributed by atoms with Crippen molar-refractivity contribution in [3.8, 4) is 11.3 Å². The Morgan fingerprint density at radius 3 is 2.45 bits per heavy atom. The summed E-state index contributed by atoms with van der Waals surface area (Å²) in [5.74, 6) is -0.481. The summed E-state index contributed by atoms with van der Waals surface area (Å²) in [4.78, 5) is 35.0. The zero-order valence-electron chi connectivity index (χ0n) is 21.3. The number of anilines is 2. The van der Waals surface area contributed by atoms with E-state index in [4.69, 9.17) is 0 Å². The number of piperazine rings is 1. The van der Waals surface area contributed by atoms with Crippen molar-refractivity contribution in [2.24, 2.45) is 0 Å². The fraction of sp³-hybridized carbons (Fsp3) is 0.250. The lowest BCUT2D eigenvalue weighted by atomic mass is 10.0. The molecule has 1 fully saturated rings. The van der Waals surface area contributed by atoms with E-state index >= 15 is 0 Å². The maximum Gasteiger partial charge on any atom is 0.257 e. The van der Waals surface area contributed by atoms with Gasteiger partial charge in [0.15, 0.2) is 0 Å². The lowest BCUT2D eigenvalue weighted by Gasteiger charge is -2.32. The lowest BCUT2D eigenvalue weighted by molar-refractivity contribution is 0.101. The van der Waals surface area contributed by atoms with E-state index in [1.54, 1.807) is 36.0 Å². The number of benzene rings is 2. The van der Waals surface area contributed by atoms with Gasteiger partial charge in [-0.2, -0.15) is 0 Å². The molecule has 0 saturated carbocycles. The Balaban J connectivity index is 1.28. The third kappa shape index (κ3) is 6.10. The first-order valence-corrected chi connectivity index (χ1v) is 13.3. The predicted octanol–water partition coefficient (Wildman–Crippen LogP) is 4.16. The molecule has 0 bridgehead atoms. The molecule has 0 atom stereocenters. The number of hydrogen-bond acceptors (Lipinski definition) is 8. The minimum absolute atomic E-state index is 0.211. The number of aromatic nitrogens is 3. The summed E-state index contributed by atoms with van der Waals surface area (Å²) < 4.78 is 0. The van der Waals surface area contributed by atoms with E-state index in [0.29, 0.717) is 22.0 Å². The summed E-state index contributed by atoms with van der Waals surface area (Å²) in [6.07, 6.45) is 1.57. The van der Waals surface area contributed by atoms with Crippen LogP contribution in [-0.2, 0) is 6.54 Å². The van der Waals surface area contributed by atoms with E-state index < -0.39 is 0 Å². The van der Waals surface area contributed by atoms with Crippen molar-refractivity contribution in [3.05, 3.63) is 88.6 Å². The van der Waals surface area contributed by atoms with Crippen LogP contribution in [0.4, 0.5) is 10.8 Å². The second-order valence-corrected chi connectivity index (χ2v) is 10.2. The molecule has 0 aliphatic carbocycles. The molecule has 1 saturated heterocycles. The van der Waals surface area contributed by atoms with Gasteiger partial charge in [0.1, 0.15) is 5.51 Å². The first-order chi connectivity index (χ1) is 18.5. The third-order valence-corrected chi connectivity index (χ3v) is 7.24. The van der Waals surface area contributed by atoms with Crippen molar-refractivity contribution in [1.82, 2.24) is 25.0 Å². The van der Waals surface area contributed by atoms with Crippen molar-refractivity contribution in [1.29, 1.82) is 0 Å². The second kappa shape index (κ2) is 11.6. The maximum absolute atomic E-state index is 13.1. The van der Waals surface area contributed by atoms with Crippen LogP contribution < -0.4 is 10.6 Å². The van der Waals surface area contributed by atoms with Crippen molar-refractivity contribution in [3.63, 3.8) is 0 Å². The first-order valence-electron chi connectivity index (χ1n) is 12.4. The molecule has 0 radical (unpaired) electrons. The van der Waals surface area contributed by atoms with Gasteiger partial charge < -0.3 is 10.2 Å². The van der Waals surface area contributed by atoms with Crippen molar-refractivity contribution in [2.75, 3.05) is 43.9 Å². The standard InChI is InChI=1S/C28H29N7O2S/c1-19-7-8-20(26(36)32-28-33-30-18-38-28)15-23(19)25-10-9-21(16-29-25)27(37)31-24-6-4-3-5-22(24)17-35-13-11-34(2)12-14-35/h3-10,15-16,18H,11-14,17H2,1-2H3,(H,31,37)(H,32,33,36). The number of carbonyl (C=O) groups is 2. The fourth-order valence-corrected chi connectivity index (χ4v) is 4.79. The van der Waals surface area contributed by atoms with E-state index in [2.05, 4.69) is 48.7 Å². The molecule has 2 amide bonds. The highest BCUT2D eigenvalue weighted by Gasteiger charge is 2.17. The molecule has 194 valence electrons. The van der Waals surface area contributed by atoms with E-state index in [9.17, 15) is 9.59 Å². The average Bonchev–Trinajstić information content (AvgIpc) is 3.44. The molecule has 0 spiro atoms. The Kier molecular flexibility index (Phi) is 7.83. The minimum atomic E-state index is -0.269. The monoisotopic (exact) mass is 527 g/mol. The van der Waals surface area contributed by atoms with Crippen molar-refractivity contribution >= 4 is 34.0 Å². The first kappa shape index (κ1) is 25.7. The molecular weight excluding hydrogens is 498 g/mol. The molecule has 38 heavy (non-hydrogen) atoms. The molecule has 2 N–H and O–H groups in total. The summed E-state index contributed by atoms with van der Waals surface area (Å²) in [6, 6.07) is 16.9. The molecule has 0 unspecified atom stereocenters. The molecule has 2 aromatic heterocycles. The van der Waals surface area contributed by atoms with E-state index in [-0.39, 0.29) is 11.8 Å². The number of hydrogen-bond donors (Lipinski definition) is 2. The summed E-state index contributed by atoms with van der Waals surface area (Å²) in [7, 11) is 2.14. The van der Waals surface area contributed by atoms with Crippen LogP contribution in [0.25, 0.3) is 11.3 Å². The Bertz CT molecular complexity index is 1420. The summed E-state index contributed by atoms with van der Waals surface area (Å²) in [6.45, 7) is 6.86. The molecule has 5 rings (SSSR count). The molecule has 3 heterocycles. The number of pyridine rings is 1. The zero-order chi connectivity index (χ0) is 26.5. The van der Waals surface area contributed by atoms with Crippen molar-refractivity contribution in [2.45, 2.75) is 13.5 Å². The van der Waals surface area contributed by atoms with Gasteiger partial charge in [-0.3, -0.25) is 24.8 Å². The predicted molar refractivity (Wildman–Crippen MR) is 149 cm³/mol. The topological polar surface area (TPSA) is 103 Å².